The predicted octanol–water partition coefficient (Wildman–Crippen LogP) is 3.65. The third-order valence-corrected chi connectivity index (χ3v) is 2.87. The number of fused-ring (bicyclic) bond motifs is 1. The molecule has 84 valence electrons. The number of para-hydroxylation sites is 1. The van der Waals surface area contributed by atoms with Gasteiger partial charge in [-0.15, -0.1) is 0 Å². The van der Waals surface area contributed by atoms with Gasteiger partial charge in [0.25, 0.3) is 0 Å². The van der Waals surface area contributed by atoms with Gasteiger partial charge in [-0.1, -0.05) is 36.4 Å². The molecule has 0 N–H and O–H groups in total. The molecule has 1 nitrogen and oxygen atoms in total. The van der Waals surface area contributed by atoms with Crippen molar-refractivity contribution in [2.24, 2.45) is 0 Å². The van der Waals surface area contributed by atoms with Crippen LogP contribution in [0.3, 0.4) is 0 Å². The molecule has 3 rings (SSSR count). The number of benzene rings is 2. The van der Waals surface area contributed by atoms with Crippen LogP contribution < -0.4 is 4.74 Å². The average Bonchev–Trinajstić information content (AvgIpc) is 2.39. The summed E-state index contributed by atoms with van der Waals surface area (Å²) in [5.74, 6) is 0.615. The van der Waals surface area contributed by atoms with Crippen molar-refractivity contribution in [3.8, 4) is 5.75 Å². The molecule has 0 amide bonds. The molecule has 0 unspecified atom stereocenters. The van der Waals surface area contributed by atoms with Gasteiger partial charge in [-0.25, -0.2) is 4.39 Å². The second-order valence-electron chi connectivity index (χ2n) is 3.90. The van der Waals surface area contributed by atoms with Gasteiger partial charge < -0.3 is 4.74 Å². The quantitative estimate of drug-likeness (QED) is 0.721. The van der Waals surface area contributed by atoms with E-state index in [1.54, 1.807) is 12.1 Å². The zero-order chi connectivity index (χ0) is 11.7. The van der Waals surface area contributed by atoms with Crippen LogP contribution in [0.5, 0.6) is 5.75 Å². The van der Waals surface area contributed by atoms with Gasteiger partial charge >= 0.3 is 0 Å². The maximum absolute atomic E-state index is 13.8. The highest BCUT2D eigenvalue weighted by atomic mass is 19.1. The molecule has 0 radical (unpaired) electrons. The lowest BCUT2D eigenvalue weighted by molar-refractivity contribution is 0.357. The highest BCUT2D eigenvalue weighted by molar-refractivity contribution is 5.84. The Morgan fingerprint density at radius 3 is 2.41 bits per heavy atom. The molecule has 0 saturated heterocycles. The van der Waals surface area contributed by atoms with Crippen LogP contribution in [0.1, 0.15) is 11.1 Å². The van der Waals surface area contributed by atoms with Crippen molar-refractivity contribution in [3.63, 3.8) is 0 Å². The summed E-state index contributed by atoms with van der Waals surface area (Å²) in [6.07, 6.45) is 1.92. The average molecular weight is 226 g/mol. The zero-order valence-electron chi connectivity index (χ0n) is 9.19. The molecule has 0 fully saturated rings. The number of hydrogen-bond donors (Lipinski definition) is 0. The fraction of sp³-hybridized carbons (Fsp3) is 0.0667. The van der Waals surface area contributed by atoms with Crippen molar-refractivity contribution in [1.82, 2.24) is 0 Å². The first-order valence-electron chi connectivity index (χ1n) is 5.53. The van der Waals surface area contributed by atoms with Crippen LogP contribution in [0.25, 0.3) is 5.57 Å². The first kappa shape index (κ1) is 10.1. The topological polar surface area (TPSA) is 9.23 Å². The Hall–Kier alpha value is -2.09. The minimum absolute atomic E-state index is 0.199. The van der Waals surface area contributed by atoms with E-state index >= 15 is 0 Å². The second kappa shape index (κ2) is 4.06. The summed E-state index contributed by atoms with van der Waals surface area (Å²) in [5.41, 5.74) is 2.48. The van der Waals surface area contributed by atoms with Crippen LogP contribution in [0.2, 0.25) is 0 Å². The number of ether oxygens (including phenoxy) is 1. The largest absolute Gasteiger partial charge is 0.489 e. The molecule has 0 atom stereocenters. The van der Waals surface area contributed by atoms with Crippen molar-refractivity contribution < 1.29 is 9.13 Å². The highest BCUT2D eigenvalue weighted by Gasteiger charge is 2.16. The van der Waals surface area contributed by atoms with Crippen molar-refractivity contribution in [1.29, 1.82) is 0 Å². The van der Waals surface area contributed by atoms with Crippen LogP contribution in [-0.4, -0.2) is 6.61 Å². The summed E-state index contributed by atoms with van der Waals surface area (Å²) in [5, 5.41) is 0. The summed E-state index contributed by atoms with van der Waals surface area (Å²) in [7, 11) is 0. The standard InChI is InChI=1S/C15H11FO/c16-14-7-3-1-5-12(14)11-9-10-17-15-8-4-2-6-13(11)15/h1-9H,10H2. The summed E-state index contributed by atoms with van der Waals surface area (Å²) in [4.78, 5) is 0. The van der Waals surface area contributed by atoms with Crippen molar-refractivity contribution >= 4 is 5.57 Å². The first-order valence-corrected chi connectivity index (χ1v) is 5.53. The Morgan fingerprint density at radius 1 is 0.882 bits per heavy atom. The van der Waals surface area contributed by atoms with E-state index in [2.05, 4.69) is 0 Å². The Morgan fingerprint density at radius 2 is 1.59 bits per heavy atom. The zero-order valence-corrected chi connectivity index (χ0v) is 9.19. The molecular formula is C15H11FO. The van der Waals surface area contributed by atoms with Gasteiger partial charge in [0.15, 0.2) is 0 Å². The van der Waals surface area contributed by atoms with E-state index in [0.29, 0.717) is 12.2 Å². The molecule has 0 aliphatic carbocycles. The third kappa shape index (κ3) is 1.72. The van der Waals surface area contributed by atoms with Crippen LogP contribution in [-0.2, 0) is 0 Å². The van der Waals surface area contributed by atoms with Crippen molar-refractivity contribution in [2.45, 2.75) is 0 Å². The fourth-order valence-corrected chi connectivity index (χ4v) is 2.07. The maximum Gasteiger partial charge on any atom is 0.131 e. The maximum atomic E-state index is 13.8. The first-order chi connectivity index (χ1) is 8.36. The summed E-state index contributed by atoms with van der Waals surface area (Å²) in [6, 6.07) is 14.5. The summed E-state index contributed by atoms with van der Waals surface area (Å²) < 4.78 is 19.3. The lowest BCUT2D eigenvalue weighted by atomic mass is 9.95. The predicted molar refractivity (Wildman–Crippen MR) is 65.4 cm³/mol. The van der Waals surface area contributed by atoms with Gasteiger partial charge in [-0.2, -0.15) is 0 Å². The smallest absolute Gasteiger partial charge is 0.131 e. The monoisotopic (exact) mass is 226 g/mol. The van der Waals surface area contributed by atoms with Gasteiger partial charge in [0.05, 0.1) is 0 Å². The molecule has 17 heavy (non-hydrogen) atoms. The highest BCUT2D eigenvalue weighted by Crippen LogP contribution is 2.34. The van der Waals surface area contributed by atoms with Gasteiger partial charge in [0.2, 0.25) is 0 Å². The molecule has 0 saturated carbocycles. The van der Waals surface area contributed by atoms with E-state index in [0.717, 1.165) is 16.9 Å². The van der Waals surface area contributed by atoms with Crippen LogP contribution >= 0.6 is 0 Å². The molecule has 1 aliphatic rings. The molecule has 2 heteroatoms. The molecule has 0 spiro atoms. The van der Waals surface area contributed by atoms with E-state index < -0.39 is 0 Å². The third-order valence-electron chi connectivity index (χ3n) is 2.87. The minimum atomic E-state index is -0.199. The minimum Gasteiger partial charge on any atom is -0.489 e. The van der Waals surface area contributed by atoms with E-state index in [-0.39, 0.29) is 5.82 Å². The molecule has 0 bridgehead atoms. The lowest BCUT2D eigenvalue weighted by Crippen LogP contribution is -2.06. The van der Waals surface area contributed by atoms with E-state index in [1.165, 1.54) is 6.07 Å². The molecular weight excluding hydrogens is 215 g/mol. The Kier molecular flexibility index (Phi) is 2.41. The molecule has 1 aliphatic heterocycles. The SMILES string of the molecule is Fc1ccccc1C1=CCOc2ccccc21. The number of rotatable bonds is 1. The van der Waals surface area contributed by atoms with Crippen molar-refractivity contribution in [3.05, 3.63) is 71.6 Å². The normalized spacial score (nSPS) is 13.6. The van der Waals surface area contributed by atoms with Gasteiger partial charge in [0.1, 0.15) is 18.2 Å². The summed E-state index contributed by atoms with van der Waals surface area (Å²) >= 11 is 0. The molecule has 2 aromatic rings. The van der Waals surface area contributed by atoms with Crippen molar-refractivity contribution in [2.75, 3.05) is 6.61 Å². The van der Waals surface area contributed by atoms with Gasteiger partial charge in [0, 0.05) is 11.1 Å². The molecule has 1 heterocycles. The Bertz CT molecular complexity index is 587. The second-order valence-corrected chi connectivity index (χ2v) is 3.90. The molecule has 0 aromatic heterocycles. The van der Waals surface area contributed by atoms with Crippen LogP contribution in [0.4, 0.5) is 4.39 Å². The Labute approximate surface area is 99.2 Å². The van der Waals surface area contributed by atoms with Crippen LogP contribution in [0.15, 0.2) is 54.6 Å². The van der Waals surface area contributed by atoms with E-state index in [1.807, 2.05) is 36.4 Å². The number of hydrogen-bond acceptors (Lipinski definition) is 1. The van der Waals surface area contributed by atoms with E-state index in [9.17, 15) is 4.39 Å². The van der Waals surface area contributed by atoms with Crippen LogP contribution in [0, 0.1) is 5.82 Å². The molecule has 2 aromatic carbocycles. The fourth-order valence-electron chi connectivity index (χ4n) is 2.07. The Balaban J connectivity index is 2.17. The summed E-state index contributed by atoms with van der Waals surface area (Å²) in [6.45, 7) is 0.487. The lowest BCUT2D eigenvalue weighted by Gasteiger charge is -2.19. The van der Waals surface area contributed by atoms with Gasteiger partial charge in [-0.3, -0.25) is 0 Å². The van der Waals surface area contributed by atoms with E-state index in [4.69, 9.17) is 4.74 Å². The number of halogens is 1. The van der Waals surface area contributed by atoms with Gasteiger partial charge in [-0.05, 0) is 23.8 Å².